The molecule has 0 saturated carbocycles. The summed E-state index contributed by atoms with van der Waals surface area (Å²) in [5.41, 5.74) is -0.567. The molecule has 0 atom stereocenters. The molecular weight excluding hydrogens is 406 g/mol. The van der Waals surface area contributed by atoms with E-state index in [1.165, 1.54) is 18.2 Å². The third-order valence-corrected chi connectivity index (χ3v) is 4.75. The summed E-state index contributed by atoms with van der Waals surface area (Å²) in [4.78, 5) is 18.7. The van der Waals surface area contributed by atoms with Crippen molar-refractivity contribution in [2.75, 3.05) is 6.61 Å². The molecular formula is C23H18F2N2O4. The van der Waals surface area contributed by atoms with Gasteiger partial charge < -0.3 is 14.8 Å². The van der Waals surface area contributed by atoms with E-state index in [0.717, 1.165) is 16.9 Å². The van der Waals surface area contributed by atoms with Gasteiger partial charge in [0.15, 0.2) is 5.52 Å². The molecule has 0 bridgehead atoms. The van der Waals surface area contributed by atoms with Gasteiger partial charge in [0.05, 0.1) is 17.7 Å². The van der Waals surface area contributed by atoms with E-state index < -0.39 is 23.8 Å². The van der Waals surface area contributed by atoms with Crippen LogP contribution in [0.2, 0.25) is 0 Å². The normalized spacial score (nSPS) is 10.9. The molecule has 31 heavy (non-hydrogen) atoms. The molecule has 0 saturated heterocycles. The van der Waals surface area contributed by atoms with Crippen LogP contribution in [0.25, 0.3) is 22.3 Å². The van der Waals surface area contributed by atoms with Gasteiger partial charge in [-0.1, -0.05) is 18.2 Å². The summed E-state index contributed by atoms with van der Waals surface area (Å²) in [5, 5.41) is 13.0. The lowest BCUT2D eigenvalue weighted by molar-refractivity contribution is -0.566. The number of hydrogen-bond donors (Lipinski definition) is 0. The Kier molecular flexibility index (Phi) is 5.53. The van der Waals surface area contributed by atoms with Gasteiger partial charge in [0.2, 0.25) is 5.52 Å². The zero-order valence-electron chi connectivity index (χ0n) is 16.5. The number of rotatable bonds is 6. The van der Waals surface area contributed by atoms with Gasteiger partial charge in [0.25, 0.3) is 5.69 Å². The minimum Gasteiger partial charge on any atom is -0.618 e. The third-order valence-electron chi connectivity index (χ3n) is 4.75. The van der Waals surface area contributed by atoms with E-state index in [0.29, 0.717) is 22.7 Å². The van der Waals surface area contributed by atoms with Crippen molar-refractivity contribution in [2.24, 2.45) is 0 Å². The van der Waals surface area contributed by atoms with Gasteiger partial charge in [0.1, 0.15) is 24.0 Å². The molecule has 0 radical (unpaired) electrons. The number of halogens is 2. The molecule has 0 aliphatic heterocycles. The smallest absolute Gasteiger partial charge is 0.357 e. The summed E-state index contributed by atoms with van der Waals surface area (Å²) in [6.45, 7) is 1.79. The molecule has 4 aromatic rings. The lowest BCUT2D eigenvalue weighted by Gasteiger charge is -2.15. The van der Waals surface area contributed by atoms with Crippen molar-refractivity contribution in [3.05, 3.63) is 99.5 Å². The van der Waals surface area contributed by atoms with E-state index in [-0.39, 0.29) is 22.3 Å². The summed E-state index contributed by atoms with van der Waals surface area (Å²) < 4.78 is 34.8. The average molecular weight is 424 g/mol. The third kappa shape index (κ3) is 3.79. The second-order valence-electron chi connectivity index (χ2n) is 6.66. The van der Waals surface area contributed by atoms with E-state index in [4.69, 9.17) is 9.57 Å². The second-order valence-corrected chi connectivity index (χ2v) is 6.66. The number of benzene rings is 3. The van der Waals surface area contributed by atoms with Gasteiger partial charge in [-0.3, -0.25) is 4.79 Å². The molecule has 1 heterocycles. The Bertz CT molecular complexity index is 1280. The van der Waals surface area contributed by atoms with Gasteiger partial charge in [0, 0.05) is 6.07 Å². The van der Waals surface area contributed by atoms with Crippen LogP contribution < -0.4 is 19.9 Å². The lowest BCUT2D eigenvalue weighted by atomic mass is 10.1. The van der Waals surface area contributed by atoms with Crippen molar-refractivity contribution in [1.82, 2.24) is 4.73 Å². The molecule has 0 unspecified atom stereocenters. The first-order valence-electron chi connectivity index (χ1n) is 9.58. The summed E-state index contributed by atoms with van der Waals surface area (Å²) in [6.07, 6.45) is 0. The van der Waals surface area contributed by atoms with Crippen LogP contribution in [-0.4, -0.2) is 11.3 Å². The first-order chi connectivity index (χ1) is 15.0. The Morgan fingerprint density at radius 2 is 1.65 bits per heavy atom. The monoisotopic (exact) mass is 424 g/mol. The molecule has 158 valence electrons. The molecule has 0 aliphatic carbocycles. The fraction of sp³-hybridized carbons (Fsp3) is 0.130. The fourth-order valence-corrected chi connectivity index (χ4v) is 3.26. The van der Waals surface area contributed by atoms with Crippen LogP contribution in [0, 0.1) is 16.8 Å². The summed E-state index contributed by atoms with van der Waals surface area (Å²) >= 11 is 0. The van der Waals surface area contributed by atoms with Crippen LogP contribution >= 0.6 is 0 Å². The van der Waals surface area contributed by atoms with E-state index in [1.807, 2.05) is 6.92 Å². The first kappa shape index (κ1) is 20.3. The Morgan fingerprint density at radius 3 is 2.32 bits per heavy atom. The maximum Gasteiger partial charge on any atom is 0.357 e. The van der Waals surface area contributed by atoms with Gasteiger partial charge >= 0.3 is 5.56 Å². The molecule has 3 aromatic carbocycles. The maximum atomic E-state index is 14.0. The van der Waals surface area contributed by atoms with Crippen molar-refractivity contribution >= 4 is 11.0 Å². The Labute approximate surface area is 176 Å². The quantitative estimate of drug-likeness (QED) is 0.350. The van der Waals surface area contributed by atoms with Gasteiger partial charge in [-0.05, 0) is 49.4 Å². The van der Waals surface area contributed by atoms with Crippen molar-refractivity contribution < 1.29 is 23.1 Å². The van der Waals surface area contributed by atoms with Crippen molar-refractivity contribution in [3.63, 3.8) is 0 Å². The molecule has 8 heteroatoms. The number of ether oxygens (including phenoxy) is 1. The molecule has 0 amide bonds. The SMILES string of the molecule is CCOc1ccc(-c2c(=O)n(OCc3c(F)cccc3F)c3ccccc3[n+]2[O-])cc1. The number of hydrogen-bond acceptors (Lipinski definition) is 4. The second kappa shape index (κ2) is 8.43. The molecule has 1 aromatic heterocycles. The van der Waals surface area contributed by atoms with Crippen LogP contribution in [0.4, 0.5) is 8.78 Å². The zero-order chi connectivity index (χ0) is 22.0. The van der Waals surface area contributed by atoms with E-state index >= 15 is 0 Å². The average Bonchev–Trinajstić information content (AvgIpc) is 2.77. The highest BCUT2D eigenvalue weighted by atomic mass is 19.1. The number of aromatic nitrogens is 2. The van der Waals surface area contributed by atoms with E-state index in [2.05, 4.69) is 0 Å². The molecule has 0 N–H and O–H groups in total. The van der Waals surface area contributed by atoms with Crippen LogP contribution in [0.3, 0.4) is 0 Å². The minimum atomic E-state index is -0.793. The maximum absolute atomic E-state index is 14.0. The number of nitrogens with zero attached hydrogens (tertiary/aromatic N) is 2. The molecule has 0 aliphatic rings. The molecule has 0 spiro atoms. The van der Waals surface area contributed by atoms with Crippen LogP contribution in [0.1, 0.15) is 12.5 Å². The van der Waals surface area contributed by atoms with Gasteiger partial charge in [-0.2, -0.15) is 4.73 Å². The highest BCUT2D eigenvalue weighted by molar-refractivity contribution is 5.73. The van der Waals surface area contributed by atoms with Crippen molar-refractivity contribution in [2.45, 2.75) is 13.5 Å². The fourth-order valence-electron chi connectivity index (χ4n) is 3.26. The molecule has 4 rings (SSSR count). The Balaban J connectivity index is 1.84. The van der Waals surface area contributed by atoms with E-state index in [9.17, 15) is 18.8 Å². The van der Waals surface area contributed by atoms with Crippen LogP contribution in [-0.2, 0) is 6.61 Å². The topological polar surface area (TPSA) is 67.4 Å². The highest BCUT2D eigenvalue weighted by Crippen LogP contribution is 2.20. The van der Waals surface area contributed by atoms with Crippen LogP contribution in [0.15, 0.2) is 71.5 Å². The van der Waals surface area contributed by atoms with Crippen LogP contribution in [0.5, 0.6) is 5.75 Å². The standard InChI is InChI=1S/C23H18F2N2O4/c1-2-30-16-12-10-15(11-13-16)22-23(28)27(21-9-4-3-8-20(21)26(22)29)31-14-17-18(24)6-5-7-19(17)25/h3-13H,2,14H2,1H3. The van der Waals surface area contributed by atoms with Gasteiger partial charge in [-0.25, -0.2) is 8.78 Å². The predicted molar refractivity (Wildman–Crippen MR) is 110 cm³/mol. The Hall–Kier alpha value is -3.94. The lowest BCUT2D eigenvalue weighted by Crippen LogP contribution is -2.42. The summed E-state index contributed by atoms with van der Waals surface area (Å²) in [6, 6.07) is 16.2. The Morgan fingerprint density at radius 1 is 0.968 bits per heavy atom. The zero-order valence-corrected chi connectivity index (χ0v) is 16.5. The largest absolute Gasteiger partial charge is 0.618 e. The summed E-state index contributed by atoms with van der Waals surface area (Å²) in [5.74, 6) is -0.992. The number of para-hydroxylation sites is 2. The summed E-state index contributed by atoms with van der Waals surface area (Å²) in [7, 11) is 0. The highest BCUT2D eigenvalue weighted by Gasteiger charge is 2.24. The minimum absolute atomic E-state index is 0.167. The van der Waals surface area contributed by atoms with Gasteiger partial charge in [-0.15, -0.1) is 4.73 Å². The molecule has 6 nitrogen and oxygen atoms in total. The van der Waals surface area contributed by atoms with E-state index in [1.54, 1.807) is 36.4 Å². The first-order valence-corrected chi connectivity index (χ1v) is 9.58. The van der Waals surface area contributed by atoms with Crippen molar-refractivity contribution in [1.29, 1.82) is 0 Å². The van der Waals surface area contributed by atoms with Crippen molar-refractivity contribution in [3.8, 4) is 17.0 Å². The predicted octanol–water partition coefficient (Wildman–Crippen LogP) is 3.61. The molecule has 0 fully saturated rings. The number of fused-ring (bicyclic) bond motifs is 1.